The van der Waals surface area contributed by atoms with Crippen LogP contribution in [0, 0.1) is 0 Å². The molecule has 0 radical (unpaired) electrons. The smallest absolute Gasteiger partial charge is 0.480 e. The molecule has 0 unspecified atom stereocenters. The molecule has 2 atom stereocenters. The van der Waals surface area contributed by atoms with Gasteiger partial charge >= 0.3 is 24.1 Å². The van der Waals surface area contributed by atoms with Gasteiger partial charge in [-0.25, -0.2) is 9.59 Å². The normalized spacial score (nSPS) is 12.5. The number of hydrogen-bond donors (Lipinski definition) is 4. The Morgan fingerprint density at radius 3 is 2.16 bits per heavy atom. The maximum Gasteiger partial charge on any atom is 0.490 e. The predicted molar refractivity (Wildman–Crippen MR) is 106 cm³/mol. The molecule has 31 heavy (non-hydrogen) atoms. The first-order valence-electron chi connectivity index (χ1n) is 8.70. The molecule has 13 heteroatoms. The van der Waals surface area contributed by atoms with Crippen LogP contribution in [0.4, 0.5) is 13.2 Å². The molecule has 0 bridgehead atoms. The topological polar surface area (TPSA) is 148 Å². The number of carbonyl (C=O) groups is 3. The minimum absolute atomic E-state index is 0.0513. The predicted octanol–water partition coefficient (Wildman–Crippen LogP) is 1.49. The summed E-state index contributed by atoms with van der Waals surface area (Å²) < 4.78 is 42.1. The molecule has 0 aliphatic rings. The number of halogens is 3. The number of thiocarbonyl (C=S) groups is 1. The summed E-state index contributed by atoms with van der Waals surface area (Å²) in [6, 6.07) is 7.92. The van der Waals surface area contributed by atoms with Gasteiger partial charge in [-0.2, -0.15) is 13.2 Å². The van der Waals surface area contributed by atoms with Gasteiger partial charge in [0.15, 0.2) is 0 Å². The Labute approximate surface area is 181 Å². The van der Waals surface area contributed by atoms with Crippen LogP contribution in [0.2, 0.25) is 0 Å². The largest absolute Gasteiger partial charge is 0.490 e. The summed E-state index contributed by atoms with van der Waals surface area (Å²) in [4.78, 5) is 31.9. The highest BCUT2D eigenvalue weighted by atomic mass is 32.1. The minimum Gasteiger partial charge on any atom is -0.480 e. The number of carboxylic acids is 2. The van der Waals surface area contributed by atoms with Crippen molar-refractivity contribution in [2.24, 2.45) is 5.73 Å². The summed E-state index contributed by atoms with van der Waals surface area (Å²) in [5.41, 5.74) is 6.56. The van der Waals surface area contributed by atoms with Crippen LogP contribution in [0.3, 0.4) is 0 Å². The van der Waals surface area contributed by atoms with E-state index in [1.165, 1.54) is 0 Å². The van der Waals surface area contributed by atoms with Gasteiger partial charge in [0.25, 0.3) is 0 Å². The standard InChI is InChI=1S/C16H22N2O5S.C2HF3O2/c1-11(17)15(24)18-13(16(20)21)9-14(19)23-8-7-22-10-12-5-3-2-4-6-12;3-2(4,5)1(6)7/h2-6,11,13H,7-10,17H2,1H3,(H,18,24)(H,20,21);(H,6,7)/t11-,13-;/m0./s1. The van der Waals surface area contributed by atoms with E-state index in [4.69, 9.17) is 42.4 Å². The molecule has 1 rings (SSSR count). The zero-order chi connectivity index (χ0) is 24.0. The van der Waals surface area contributed by atoms with Crippen molar-refractivity contribution in [3.05, 3.63) is 35.9 Å². The van der Waals surface area contributed by atoms with Crippen molar-refractivity contribution in [1.82, 2.24) is 5.32 Å². The van der Waals surface area contributed by atoms with E-state index >= 15 is 0 Å². The molecule has 0 saturated heterocycles. The maximum absolute atomic E-state index is 11.7. The quantitative estimate of drug-likeness (QED) is 0.226. The number of nitrogens with two attached hydrogens (primary N) is 1. The number of ether oxygens (including phenoxy) is 2. The molecule has 0 aliphatic heterocycles. The van der Waals surface area contributed by atoms with Crippen molar-refractivity contribution in [3.63, 3.8) is 0 Å². The molecule has 0 amide bonds. The lowest BCUT2D eigenvalue weighted by Gasteiger charge is -2.17. The fourth-order valence-electron chi connectivity index (χ4n) is 1.71. The molecule has 0 saturated carbocycles. The molecular weight excluding hydrogens is 445 g/mol. The zero-order valence-electron chi connectivity index (χ0n) is 16.4. The van der Waals surface area contributed by atoms with Crippen LogP contribution in [-0.2, 0) is 30.5 Å². The second kappa shape index (κ2) is 14.3. The van der Waals surface area contributed by atoms with E-state index in [1.807, 2.05) is 30.3 Å². The van der Waals surface area contributed by atoms with Gasteiger partial charge in [0.2, 0.25) is 0 Å². The molecule has 1 aromatic carbocycles. The SMILES string of the molecule is C[C@H](N)C(=S)N[C@@H](CC(=O)OCCOCc1ccccc1)C(=O)O.O=C(O)C(F)(F)F. The first-order chi connectivity index (χ1) is 14.3. The molecule has 0 fully saturated rings. The van der Waals surface area contributed by atoms with E-state index in [2.05, 4.69) is 5.32 Å². The Morgan fingerprint density at radius 1 is 1.16 bits per heavy atom. The Kier molecular flexibility index (Phi) is 13.0. The van der Waals surface area contributed by atoms with Gasteiger partial charge < -0.3 is 30.7 Å². The lowest BCUT2D eigenvalue weighted by atomic mass is 10.2. The van der Waals surface area contributed by atoms with Gasteiger partial charge in [0, 0.05) is 0 Å². The van der Waals surface area contributed by atoms with E-state index in [9.17, 15) is 22.8 Å². The van der Waals surface area contributed by atoms with Crippen LogP contribution in [0.25, 0.3) is 0 Å². The van der Waals surface area contributed by atoms with Crippen molar-refractivity contribution in [2.45, 2.75) is 38.2 Å². The lowest BCUT2D eigenvalue weighted by molar-refractivity contribution is -0.192. The summed E-state index contributed by atoms with van der Waals surface area (Å²) in [6.07, 6.45) is -5.43. The summed E-state index contributed by atoms with van der Waals surface area (Å²) in [6.45, 7) is 2.32. The van der Waals surface area contributed by atoms with Gasteiger partial charge in [-0.05, 0) is 12.5 Å². The molecule has 0 spiro atoms. The molecule has 0 heterocycles. The highest BCUT2D eigenvalue weighted by Gasteiger charge is 2.38. The summed E-state index contributed by atoms with van der Waals surface area (Å²) in [5.74, 6) is -4.60. The Hall–Kier alpha value is -2.77. The third kappa shape index (κ3) is 14.0. The van der Waals surface area contributed by atoms with Crippen LogP contribution < -0.4 is 11.1 Å². The third-order valence-electron chi connectivity index (χ3n) is 3.24. The second-order valence-corrected chi connectivity index (χ2v) is 6.39. The molecular formula is C18H23F3N2O7S. The molecule has 9 nitrogen and oxygen atoms in total. The zero-order valence-corrected chi connectivity index (χ0v) is 17.2. The summed E-state index contributed by atoms with van der Waals surface area (Å²) >= 11 is 4.92. The summed E-state index contributed by atoms with van der Waals surface area (Å²) in [5, 5.41) is 18.8. The van der Waals surface area contributed by atoms with Crippen LogP contribution in [-0.4, -0.2) is 64.6 Å². The minimum atomic E-state index is -5.08. The lowest BCUT2D eigenvalue weighted by Crippen LogP contribution is -2.47. The van der Waals surface area contributed by atoms with Gasteiger partial charge in [-0.15, -0.1) is 0 Å². The number of hydrogen-bond acceptors (Lipinski definition) is 7. The Bertz CT molecular complexity index is 731. The number of carboxylic acid groups (broad SMARTS) is 2. The van der Waals surface area contributed by atoms with E-state index in [0.29, 0.717) is 6.61 Å². The highest BCUT2D eigenvalue weighted by Crippen LogP contribution is 2.13. The molecule has 174 valence electrons. The van der Waals surface area contributed by atoms with Crippen molar-refractivity contribution in [1.29, 1.82) is 0 Å². The van der Waals surface area contributed by atoms with E-state index in [0.717, 1.165) is 5.56 Å². The van der Waals surface area contributed by atoms with Crippen molar-refractivity contribution >= 4 is 35.1 Å². The summed E-state index contributed by atoms with van der Waals surface area (Å²) in [7, 11) is 0. The van der Waals surface area contributed by atoms with Crippen molar-refractivity contribution in [2.75, 3.05) is 13.2 Å². The van der Waals surface area contributed by atoms with Crippen molar-refractivity contribution < 1.29 is 47.2 Å². The molecule has 0 aliphatic carbocycles. The van der Waals surface area contributed by atoms with Crippen LogP contribution >= 0.6 is 12.2 Å². The number of aliphatic carboxylic acids is 2. The first-order valence-corrected chi connectivity index (χ1v) is 9.11. The van der Waals surface area contributed by atoms with Crippen LogP contribution in [0.5, 0.6) is 0 Å². The van der Waals surface area contributed by atoms with E-state index in [-0.39, 0.29) is 24.6 Å². The number of rotatable bonds is 10. The van der Waals surface area contributed by atoms with E-state index in [1.54, 1.807) is 6.92 Å². The fraction of sp³-hybridized carbons (Fsp3) is 0.444. The first kappa shape index (κ1) is 28.2. The average molecular weight is 468 g/mol. The highest BCUT2D eigenvalue weighted by molar-refractivity contribution is 7.80. The van der Waals surface area contributed by atoms with Gasteiger partial charge in [0.05, 0.1) is 30.7 Å². The monoisotopic (exact) mass is 468 g/mol. The van der Waals surface area contributed by atoms with E-state index < -0.39 is 36.2 Å². The number of alkyl halides is 3. The van der Waals surface area contributed by atoms with Gasteiger partial charge in [-0.3, -0.25) is 4.79 Å². The van der Waals surface area contributed by atoms with Crippen LogP contribution in [0.15, 0.2) is 30.3 Å². The van der Waals surface area contributed by atoms with Crippen LogP contribution in [0.1, 0.15) is 18.9 Å². The Balaban J connectivity index is 0.00000110. The molecule has 5 N–H and O–H groups in total. The van der Waals surface area contributed by atoms with Gasteiger partial charge in [0.1, 0.15) is 12.6 Å². The second-order valence-electron chi connectivity index (χ2n) is 5.95. The number of carbonyl (C=O) groups excluding carboxylic acids is 1. The third-order valence-corrected chi connectivity index (χ3v) is 3.73. The maximum atomic E-state index is 11.7. The number of nitrogens with one attached hydrogen (secondary N) is 1. The molecule has 0 aromatic heterocycles. The Morgan fingerprint density at radius 2 is 1.71 bits per heavy atom. The number of benzene rings is 1. The van der Waals surface area contributed by atoms with Gasteiger partial charge in [-0.1, -0.05) is 42.5 Å². The van der Waals surface area contributed by atoms with Crippen molar-refractivity contribution in [3.8, 4) is 0 Å². The molecule has 1 aromatic rings. The number of esters is 1. The fourth-order valence-corrected chi connectivity index (χ4v) is 1.85. The average Bonchev–Trinajstić information content (AvgIpc) is 2.67.